The first kappa shape index (κ1) is 15.9. The molecule has 120 valence electrons. The second kappa shape index (κ2) is 5.73. The van der Waals surface area contributed by atoms with Crippen LogP contribution in [0.4, 0.5) is 18.0 Å². The minimum absolute atomic E-state index is 0.262. The number of rotatable bonds is 4. The van der Waals surface area contributed by atoms with Gasteiger partial charge in [-0.3, -0.25) is 0 Å². The fourth-order valence-electron chi connectivity index (χ4n) is 2.77. The molecular formula is C13H19F3N2O3. The van der Waals surface area contributed by atoms with E-state index in [1.165, 1.54) is 0 Å². The Morgan fingerprint density at radius 2 is 1.76 bits per heavy atom. The van der Waals surface area contributed by atoms with E-state index in [1.807, 2.05) is 0 Å². The number of carboxylic acid groups (broad SMARTS) is 1. The maximum atomic E-state index is 12.5. The van der Waals surface area contributed by atoms with Crippen LogP contribution < -0.4 is 5.32 Å². The minimum atomic E-state index is -4.48. The first-order chi connectivity index (χ1) is 9.73. The molecule has 2 saturated carbocycles. The molecule has 5 nitrogen and oxygen atoms in total. The number of nitrogens with zero attached hydrogens (tertiary/aromatic N) is 1. The quantitative estimate of drug-likeness (QED) is 0.838. The lowest BCUT2D eigenvalue weighted by Gasteiger charge is -2.36. The van der Waals surface area contributed by atoms with Gasteiger partial charge in [-0.2, -0.15) is 13.2 Å². The van der Waals surface area contributed by atoms with Crippen LogP contribution in [-0.4, -0.2) is 46.3 Å². The number of carboxylic acids is 1. The van der Waals surface area contributed by atoms with Crippen LogP contribution in [0.1, 0.15) is 44.9 Å². The highest BCUT2D eigenvalue weighted by atomic mass is 19.4. The summed E-state index contributed by atoms with van der Waals surface area (Å²) in [6, 6.07) is -1.35. The Hall–Kier alpha value is -1.47. The number of carbonyl (C=O) groups is 2. The van der Waals surface area contributed by atoms with Gasteiger partial charge in [0.15, 0.2) is 0 Å². The second-order valence-corrected chi connectivity index (χ2v) is 5.85. The Labute approximate surface area is 120 Å². The maximum absolute atomic E-state index is 12.5. The Kier molecular flexibility index (Phi) is 4.34. The van der Waals surface area contributed by atoms with Crippen LogP contribution in [0.25, 0.3) is 0 Å². The second-order valence-electron chi connectivity index (χ2n) is 5.85. The predicted octanol–water partition coefficient (Wildman–Crippen LogP) is 2.51. The van der Waals surface area contributed by atoms with Crippen LogP contribution in [-0.2, 0) is 4.79 Å². The third-order valence-electron chi connectivity index (χ3n) is 4.06. The molecule has 0 spiro atoms. The number of hydrogen-bond donors (Lipinski definition) is 2. The zero-order chi connectivity index (χ0) is 15.7. The Morgan fingerprint density at radius 1 is 1.19 bits per heavy atom. The molecule has 0 radical (unpaired) electrons. The summed E-state index contributed by atoms with van der Waals surface area (Å²) in [5.41, 5.74) is -1.42. The third kappa shape index (κ3) is 4.01. The van der Waals surface area contributed by atoms with Gasteiger partial charge >= 0.3 is 18.2 Å². The lowest BCUT2D eigenvalue weighted by Crippen LogP contribution is -2.59. The molecule has 0 bridgehead atoms. The van der Waals surface area contributed by atoms with Crippen molar-refractivity contribution in [2.45, 2.75) is 62.7 Å². The molecule has 21 heavy (non-hydrogen) atoms. The molecule has 0 saturated heterocycles. The average molecular weight is 308 g/mol. The zero-order valence-corrected chi connectivity index (χ0v) is 11.6. The first-order valence-corrected chi connectivity index (χ1v) is 7.12. The van der Waals surface area contributed by atoms with Crippen molar-refractivity contribution in [3.63, 3.8) is 0 Å². The molecule has 2 rings (SSSR count). The van der Waals surface area contributed by atoms with Gasteiger partial charge in [-0.05, 0) is 25.7 Å². The summed E-state index contributed by atoms with van der Waals surface area (Å²) >= 11 is 0. The van der Waals surface area contributed by atoms with Crippen LogP contribution in [0.15, 0.2) is 0 Å². The van der Waals surface area contributed by atoms with Crippen molar-refractivity contribution in [1.82, 2.24) is 10.2 Å². The van der Waals surface area contributed by atoms with Crippen molar-refractivity contribution in [2.24, 2.45) is 0 Å². The number of nitrogens with one attached hydrogen (secondary N) is 1. The fourth-order valence-corrected chi connectivity index (χ4v) is 2.77. The van der Waals surface area contributed by atoms with Gasteiger partial charge < -0.3 is 15.3 Å². The molecule has 8 heteroatoms. The standard InChI is InChI=1S/C13H19F3N2O3/c14-13(15,16)8-18(9-4-5-9)11(21)17-12(10(19)20)6-2-1-3-7-12/h9H,1-8H2,(H,17,21)(H,19,20). The molecule has 2 fully saturated rings. The third-order valence-corrected chi connectivity index (χ3v) is 4.06. The number of alkyl halides is 3. The molecule has 0 aromatic rings. The van der Waals surface area contributed by atoms with E-state index in [9.17, 15) is 27.9 Å². The highest BCUT2D eigenvalue weighted by molar-refractivity contribution is 5.86. The van der Waals surface area contributed by atoms with Crippen molar-refractivity contribution in [1.29, 1.82) is 0 Å². The Morgan fingerprint density at radius 3 is 2.19 bits per heavy atom. The number of hydrogen-bond acceptors (Lipinski definition) is 2. The van der Waals surface area contributed by atoms with Crippen LogP contribution >= 0.6 is 0 Å². The zero-order valence-electron chi connectivity index (χ0n) is 11.6. The topological polar surface area (TPSA) is 69.6 Å². The largest absolute Gasteiger partial charge is 0.480 e. The normalized spacial score (nSPS) is 21.7. The molecule has 0 aromatic heterocycles. The SMILES string of the molecule is O=C(NC1(C(=O)O)CCCCC1)N(CC(F)(F)F)C1CC1. The van der Waals surface area contributed by atoms with E-state index in [0.29, 0.717) is 25.7 Å². The van der Waals surface area contributed by atoms with Gasteiger partial charge in [-0.25, -0.2) is 9.59 Å². The molecule has 0 atom stereocenters. The molecule has 2 N–H and O–H groups in total. The molecule has 2 amide bonds. The van der Waals surface area contributed by atoms with Gasteiger partial charge in [0.1, 0.15) is 12.1 Å². The fraction of sp³-hybridized carbons (Fsp3) is 0.846. The summed E-state index contributed by atoms with van der Waals surface area (Å²) in [7, 11) is 0. The van der Waals surface area contributed by atoms with Crippen LogP contribution in [0, 0.1) is 0 Å². The Bertz CT molecular complexity index is 415. The van der Waals surface area contributed by atoms with Crippen molar-refractivity contribution in [3.8, 4) is 0 Å². The predicted molar refractivity (Wildman–Crippen MR) is 67.8 cm³/mol. The van der Waals surface area contributed by atoms with Crippen LogP contribution in [0.2, 0.25) is 0 Å². The molecule has 0 aliphatic heterocycles. The molecule has 0 aromatic carbocycles. The summed E-state index contributed by atoms with van der Waals surface area (Å²) in [5.74, 6) is -1.17. The van der Waals surface area contributed by atoms with Crippen LogP contribution in [0.3, 0.4) is 0 Å². The molecule has 2 aliphatic rings. The van der Waals surface area contributed by atoms with Gasteiger partial charge in [0.05, 0.1) is 0 Å². The first-order valence-electron chi connectivity index (χ1n) is 7.12. The van der Waals surface area contributed by atoms with E-state index in [2.05, 4.69) is 5.32 Å². The smallest absolute Gasteiger partial charge is 0.406 e. The Balaban J connectivity index is 2.07. The minimum Gasteiger partial charge on any atom is -0.480 e. The number of halogens is 3. The molecular weight excluding hydrogens is 289 g/mol. The summed E-state index contributed by atoms with van der Waals surface area (Å²) in [6.45, 7) is -1.33. The van der Waals surface area contributed by atoms with Gasteiger partial charge in [-0.1, -0.05) is 19.3 Å². The van der Waals surface area contributed by atoms with Crippen molar-refractivity contribution in [3.05, 3.63) is 0 Å². The van der Waals surface area contributed by atoms with Crippen LogP contribution in [0.5, 0.6) is 0 Å². The monoisotopic (exact) mass is 308 g/mol. The number of amides is 2. The highest BCUT2D eigenvalue weighted by Gasteiger charge is 2.46. The van der Waals surface area contributed by atoms with E-state index < -0.39 is 36.3 Å². The molecule has 0 heterocycles. The van der Waals surface area contributed by atoms with E-state index in [4.69, 9.17) is 0 Å². The van der Waals surface area contributed by atoms with Gasteiger partial charge in [0, 0.05) is 6.04 Å². The average Bonchev–Trinajstić information content (AvgIpc) is 3.20. The molecule has 2 aliphatic carbocycles. The molecule has 0 unspecified atom stereocenters. The summed E-state index contributed by atoms with van der Waals surface area (Å²) < 4.78 is 37.6. The van der Waals surface area contributed by atoms with Gasteiger partial charge in [0.2, 0.25) is 0 Å². The summed E-state index contributed by atoms with van der Waals surface area (Å²) in [4.78, 5) is 24.3. The van der Waals surface area contributed by atoms with Crippen molar-refractivity contribution in [2.75, 3.05) is 6.54 Å². The van der Waals surface area contributed by atoms with Gasteiger partial charge in [0.25, 0.3) is 0 Å². The van der Waals surface area contributed by atoms with E-state index >= 15 is 0 Å². The van der Waals surface area contributed by atoms with E-state index in [1.54, 1.807) is 0 Å². The lowest BCUT2D eigenvalue weighted by molar-refractivity contribution is -0.146. The summed E-state index contributed by atoms with van der Waals surface area (Å²) in [6.07, 6.45) is -0.725. The van der Waals surface area contributed by atoms with E-state index in [-0.39, 0.29) is 12.8 Å². The van der Waals surface area contributed by atoms with Crippen molar-refractivity contribution >= 4 is 12.0 Å². The summed E-state index contributed by atoms with van der Waals surface area (Å²) in [5, 5.41) is 11.7. The lowest BCUT2D eigenvalue weighted by atomic mass is 9.82. The number of urea groups is 1. The number of aliphatic carboxylic acids is 1. The maximum Gasteiger partial charge on any atom is 0.406 e. The highest BCUT2D eigenvalue weighted by Crippen LogP contribution is 2.32. The van der Waals surface area contributed by atoms with Gasteiger partial charge in [-0.15, -0.1) is 0 Å². The number of carbonyl (C=O) groups excluding carboxylic acids is 1. The van der Waals surface area contributed by atoms with E-state index in [0.717, 1.165) is 11.3 Å². The van der Waals surface area contributed by atoms with Crippen molar-refractivity contribution < 1.29 is 27.9 Å².